The molecule has 0 saturated heterocycles. The number of hydrogen-bond donors (Lipinski definition) is 5. The Balaban J connectivity index is 2.02. The van der Waals surface area contributed by atoms with Crippen LogP contribution < -0.4 is 15.8 Å². The van der Waals surface area contributed by atoms with Gasteiger partial charge in [-0.3, -0.25) is 15.0 Å². The number of furan rings is 1. The number of esters is 1. The summed E-state index contributed by atoms with van der Waals surface area (Å²) in [5.41, 5.74) is 5.92. The van der Waals surface area contributed by atoms with Crippen LogP contribution in [0, 0.1) is 5.41 Å². The second-order valence-corrected chi connectivity index (χ2v) is 6.65. The van der Waals surface area contributed by atoms with Crippen LogP contribution in [0.5, 0.6) is 5.75 Å². The van der Waals surface area contributed by atoms with E-state index in [-0.39, 0.29) is 35.1 Å². The first-order valence-electron chi connectivity index (χ1n) is 9.27. The highest BCUT2D eigenvalue weighted by Crippen LogP contribution is 2.17. The SMILES string of the molecule is CC(=Cc1ccc(C(=O)Oc2ccc(C(=N)N)cc2)o1)C(=O)N[C@@H](CCC(=O)O)C(=O)O. The largest absolute Gasteiger partial charge is 0.481 e. The molecule has 0 aliphatic carbocycles. The van der Waals surface area contributed by atoms with Crippen molar-refractivity contribution >= 4 is 35.7 Å². The molecule has 11 nitrogen and oxygen atoms in total. The highest BCUT2D eigenvalue weighted by atomic mass is 16.5. The van der Waals surface area contributed by atoms with Crippen LogP contribution >= 0.6 is 0 Å². The maximum absolute atomic E-state index is 12.2. The maximum Gasteiger partial charge on any atom is 0.379 e. The summed E-state index contributed by atoms with van der Waals surface area (Å²) in [4.78, 5) is 46.2. The molecule has 32 heavy (non-hydrogen) atoms. The summed E-state index contributed by atoms with van der Waals surface area (Å²) in [6.07, 6.45) is 0.610. The van der Waals surface area contributed by atoms with E-state index in [1.165, 1.54) is 49.4 Å². The highest BCUT2D eigenvalue weighted by Gasteiger charge is 2.22. The van der Waals surface area contributed by atoms with Gasteiger partial charge >= 0.3 is 17.9 Å². The van der Waals surface area contributed by atoms with Crippen molar-refractivity contribution in [2.75, 3.05) is 0 Å². The fraction of sp³-hybridized carbons (Fsp3) is 0.190. The number of ether oxygens (including phenoxy) is 1. The highest BCUT2D eigenvalue weighted by molar-refractivity contribution is 5.99. The van der Waals surface area contributed by atoms with Crippen LogP contribution in [0.2, 0.25) is 0 Å². The number of nitrogens with two attached hydrogens (primary N) is 1. The van der Waals surface area contributed by atoms with Crippen LogP contribution in [0.25, 0.3) is 6.08 Å². The number of hydrogen-bond acceptors (Lipinski definition) is 7. The van der Waals surface area contributed by atoms with Crippen molar-refractivity contribution in [2.45, 2.75) is 25.8 Å². The Bertz CT molecular complexity index is 1070. The van der Waals surface area contributed by atoms with E-state index in [1.807, 2.05) is 0 Å². The van der Waals surface area contributed by atoms with Gasteiger partial charge in [0.25, 0.3) is 0 Å². The van der Waals surface area contributed by atoms with Gasteiger partial charge in [0.05, 0.1) is 0 Å². The van der Waals surface area contributed by atoms with Crippen molar-refractivity contribution in [3.05, 3.63) is 59.1 Å². The lowest BCUT2D eigenvalue weighted by Gasteiger charge is -2.13. The third-order valence-corrected chi connectivity index (χ3v) is 4.17. The van der Waals surface area contributed by atoms with E-state index in [0.29, 0.717) is 5.56 Å². The molecule has 0 unspecified atom stereocenters. The number of aliphatic carboxylic acids is 2. The van der Waals surface area contributed by atoms with Crippen molar-refractivity contribution in [2.24, 2.45) is 5.73 Å². The van der Waals surface area contributed by atoms with Gasteiger partial charge in [0.1, 0.15) is 23.4 Å². The molecule has 11 heteroatoms. The Morgan fingerprint density at radius 2 is 1.81 bits per heavy atom. The zero-order chi connectivity index (χ0) is 23.8. The quantitative estimate of drug-likeness (QED) is 0.119. The summed E-state index contributed by atoms with van der Waals surface area (Å²) in [7, 11) is 0. The second kappa shape index (κ2) is 10.6. The summed E-state index contributed by atoms with van der Waals surface area (Å²) >= 11 is 0. The van der Waals surface area contributed by atoms with E-state index in [0.717, 1.165) is 0 Å². The predicted octanol–water partition coefficient (Wildman–Crippen LogP) is 1.62. The van der Waals surface area contributed by atoms with Crippen LogP contribution in [0.4, 0.5) is 0 Å². The van der Waals surface area contributed by atoms with Crippen LogP contribution in [0.1, 0.15) is 41.6 Å². The molecule has 0 spiro atoms. The number of rotatable bonds is 10. The number of carbonyl (C=O) groups is 4. The molecular weight excluding hydrogens is 422 g/mol. The maximum atomic E-state index is 12.2. The normalized spacial score (nSPS) is 12.0. The molecule has 1 atom stereocenters. The molecular formula is C21H21N3O8. The number of nitrogens with one attached hydrogen (secondary N) is 2. The van der Waals surface area contributed by atoms with Gasteiger partial charge in [0, 0.05) is 17.6 Å². The van der Waals surface area contributed by atoms with Gasteiger partial charge in [-0.2, -0.15) is 0 Å². The topological polar surface area (TPSA) is 193 Å². The van der Waals surface area contributed by atoms with Gasteiger partial charge in [-0.15, -0.1) is 0 Å². The van der Waals surface area contributed by atoms with Crippen LogP contribution in [0.3, 0.4) is 0 Å². The van der Waals surface area contributed by atoms with Crippen molar-refractivity contribution in [3.8, 4) is 5.75 Å². The van der Waals surface area contributed by atoms with Crippen LogP contribution in [-0.4, -0.2) is 45.9 Å². The van der Waals surface area contributed by atoms with Gasteiger partial charge in [-0.05, 0) is 55.8 Å². The minimum absolute atomic E-state index is 0.0839. The molecule has 0 aliphatic rings. The van der Waals surface area contributed by atoms with Crippen LogP contribution in [-0.2, 0) is 14.4 Å². The fourth-order valence-corrected chi connectivity index (χ4v) is 2.48. The molecule has 0 fully saturated rings. The van der Waals surface area contributed by atoms with Crippen molar-refractivity contribution < 1.29 is 38.5 Å². The minimum atomic E-state index is -1.36. The summed E-state index contributed by atoms with van der Waals surface area (Å²) < 4.78 is 10.5. The molecule has 168 valence electrons. The smallest absolute Gasteiger partial charge is 0.379 e. The second-order valence-electron chi connectivity index (χ2n) is 6.65. The molecule has 2 aromatic rings. The Morgan fingerprint density at radius 3 is 2.38 bits per heavy atom. The van der Waals surface area contributed by atoms with Crippen molar-refractivity contribution in [1.82, 2.24) is 5.32 Å². The molecule has 0 aliphatic heterocycles. The lowest BCUT2D eigenvalue weighted by molar-refractivity contribution is -0.142. The number of carboxylic acids is 2. The van der Waals surface area contributed by atoms with Crippen LogP contribution in [0.15, 0.2) is 46.4 Å². The lowest BCUT2D eigenvalue weighted by atomic mass is 10.1. The minimum Gasteiger partial charge on any atom is -0.481 e. The average molecular weight is 443 g/mol. The molecule has 0 bridgehead atoms. The van der Waals surface area contributed by atoms with Gasteiger partial charge < -0.3 is 30.4 Å². The van der Waals surface area contributed by atoms with E-state index in [2.05, 4.69) is 5.32 Å². The average Bonchev–Trinajstić information content (AvgIpc) is 3.19. The summed E-state index contributed by atoms with van der Waals surface area (Å²) in [5, 5.41) is 27.4. The zero-order valence-corrected chi connectivity index (χ0v) is 17.0. The van der Waals surface area contributed by atoms with Crippen molar-refractivity contribution in [1.29, 1.82) is 5.41 Å². The lowest BCUT2D eigenvalue weighted by Crippen LogP contribution is -2.41. The molecule has 0 saturated carbocycles. The summed E-state index contributed by atoms with van der Waals surface area (Å²) in [5.74, 6) is -3.95. The third kappa shape index (κ3) is 6.83. The molecule has 1 aromatic heterocycles. The monoisotopic (exact) mass is 443 g/mol. The van der Waals surface area contributed by atoms with Crippen molar-refractivity contribution in [3.63, 3.8) is 0 Å². The van der Waals surface area contributed by atoms with E-state index < -0.39 is 36.3 Å². The first kappa shape index (κ1) is 23.9. The van der Waals surface area contributed by atoms with Gasteiger partial charge in [-0.1, -0.05) is 0 Å². The standard InChI is InChI=1S/C21H21N3O8/c1-11(19(27)24-15(20(28)29)7-9-17(25)26)10-14-6-8-16(31-14)21(30)32-13-4-2-12(3-5-13)18(22)23/h2-6,8,10,15H,7,9H2,1H3,(H3,22,23)(H,24,27)(H,25,26)(H,28,29)/t15-/m0/s1. The number of carboxylic acid groups (broad SMARTS) is 2. The Labute approximate surface area is 182 Å². The van der Waals surface area contributed by atoms with E-state index in [9.17, 15) is 19.2 Å². The van der Waals surface area contributed by atoms with Gasteiger partial charge in [0.15, 0.2) is 0 Å². The molecule has 0 radical (unpaired) electrons. The number of amidine groups is 1. The number of benzene rings is 1. The first-order chi connectivity index (χ1) is 15.1. The molecule has 1 amide bonds. The third-order valence-electron chi connectivity index (χ3n) is 4.17. The van der Waals surface area contributed by atoms with Gasteiger partial charge in [0.2, 0.25) is 11.7 Å². The fourth-order valence-electron chi connectivity index (χ4n) is 2.48. The molecule has 1 aromatic carbocycles. The Kier molecular flexibility index (Phi) is 7.88. The number of carbonyl (C=O) groups excluding carboxylic acids is 2. The van der Waals surface area contributed by atoms with E-state index >= 15 is 0 Å². The zero-order valence-electron chi connectivity index (χ0n) is 17.0. The number of nitrogen functional groups attached to an aromatic ring is 1. The summed E-state index contributed by atoms with van der Waals surface area (Å²) in [6.45, 7) is 1.41. The molecule has 2 rings (SSSR count). The van der Waals surface area contributed by atoms with E-state index in [1.54, 1.807) is 0 Å². The first-order valence-corrected chi connectivity index (χ1v) is 9.27. The predicted molar refractivity (Wildman–Crippen MR) is 111 cm³/mol. The molecule has 6 N–H and O–H groups in total. The Hall–Kier alpha value is -4.41. The summed E-state index contributed by atoms with van der Waals surface area (Å²) in [6, 6.07) is 7.38. The molecule has 1 heterocycles. The van der Waals surface area contributed by atoms with E-state index in [4.69, 9.17) is 30.5 Å². The number of amides is 1. The van der Waals surface area contributed by atoms with Gasteiger partial charge in [-0.25, -0.2) is 9.59 Å². The Morgan fingerprint density at radius 1 is 1.16 bits per heavy atom.